The average molecular weight is 300 g/mol. The van der Waals surface area contributed by atoms with E-state index in [2.05, 4.69) is 5.32 Å². The van der Waals surface area contributed by atoms with Gasteiger partial charge >= 0.3 is 5.97 Å². The third-order valence-corrected chi connectivity index (χ3v) is 3.86. The number of nitrogens with zero attached hydrogens (tertiary/aromatic N) is 1. The predicted octanol–water partition coefficient (Wildman–Crippen LogP) is 3.01. The SMILES string of the molecule is CC(OC(=O)C1CCCCC1)C(=O)Nc1cccc(C#N)c1. The van der Waals surface area contributed by atoms with E-state index in [-0.39, 0.29) is 17.8 Å². The van der Waals surface area contributed by atoms with Gasteiger partial charge in [-0.25, -0.2) is 0 Å². The number of benzene rings is 1. The van der Waals surface area contributed by atoms with Crippen molar-refractivity contribution >= 4 is 17.6 Å². The van der Waals surface area contributed by atoms with Crippen molar-refractivity contribution in [1.29, 1.82) is 5.26 Å². The normalized spacial score (nSPS) is 16.4. The van der Waals surface area contributed by atoms with Crippen molar-refractivity contribution in [1.82, 2.24) is 0 Å². The van der Waals surface area contributed by atoms with Crippen LogP contribution in [-0.4, -0.2) is 18.0 Å². The van der Waals surface area contributed by atoms with Crippen molar-refractivity contribution < 1.29 is 14.3 Å². The van der Waals surface area contributed by atoms with E-state index >= 15 is 0 Å². The maximum atomic E-state index is 12.1. The van der Waals surface area contributed by atoms with Crippen LogP contribution in [0.5, 0.6) is 0 Å². The molecule has 22 heavy (non-hydrogen) atoms. The Morgan fingerprint density at radius 2 is 2.05 bits per heavy atom. The van der Waals surface area contributed by atoms with Gasteiger partial charge in [0.2, 0.25) is 0 Å². The van der Waals surface area contributed by atoms with Gasteiger partial charge in [0.05, 0.1) is 17.6 Å². The number of nitrogens with one attached hydrogen (secondary N) is 1. The van der Waals surface area contributed by atoms with Crippen LogP contribution in [0.1, 0.15) is 44.6 Å². The second-order valence-electron chi connectivity index (χ2n) is 5.60. The summed E-state index contributed by atoms with van der Waals surface area (Å²) in [4.78, 5) is 24.1. The van der Waals surface area contributed by atoms with Crippen LogP contribution in [0.25, 0.3) is 0 Å². The van der Waals surface area contributed by atoms with Crippen molar-refractivity contribution in [3.05, 3.63) is 29.8 Å². The minimum absolute atomic E-state index is 0.0779. The van der Waals surface area contributed by atoms with Crippen LogP contribution >= 0.6 is 0 Å². The Morgan fingerprint density at radius 3 is 2.73 bits per heavy atom. The third kappa shape index (κ3) is 4.32. The van der Waals surface area contributed by atoms with Crippen LogP contribution in [-0.2, 0) is 14.3 Å². The largest absolute Gasteiger partial charge is 0.452 e. The van der Waals surface area contributed by atoms with Crippen molar-refractivity contribution in [2.75, 3.05) is 5.32 Å². The molecule has 1 unspecified atom stereocenters. The first-order valence-electron chi connectivity index (χ1n) is 7.61. The zero-order chi connectivity index (χ0) is 15.9. The van der Waals surface area contributed by atoms with Crippen molar-refractivity contribution in [2.45, 2.75) is 45.1 Å². The molecule has 1 atom stereocenters. The number of anilines is 1. The highest BCUT2D eigenvalue weighted by atomic mass is 16.5. The van der Waals surface area contributed by atoms with Crippen LogP contribution in [0.3, 0.4) is 0 Å². The summed E-state index contributed by atoms with van der Waals surface area (Å²) in [7, 11) is 0. The molecule has 116 valence electrons. The Labute approximate surface area is 130 Å². The summed E-state index contributed by atoms with van der Waals surface area (Å²) in [6.07, 6.45) is 4.09. The highest BCUT2D eigenvalue weighted by Gasteiger charge is 2.26. The minimum atomic E-state index is -0.847. The maximum Gasteiger partial charge on any atom is 0.309 e. The van der Waals surface area contributed by atoms with E-state index in [1.54, 1.807) is 31.2 Å². The van der Waals surface area contributed by atoms with Gasteiger partial charge in [-0.15, -0.1) is 0 Å². The van der Waals surface area contributed by atoms with E-state index in [0.717, 1.165) is 32.1 Å². The number of hydrogen-bond donors (Lipinski definition) is 1. The Bertz CT molecular complexity index is 586. The molecule has 2 rings (SSSR count). The van der Waals surface area contributed by atoms with E-state index in [9.17, 15) is 9.59 Å². The van der Waals surface area contributed by atoms with Crippen LogP contribution in [0, 0.1) is 17.2 Å². The number of ether oxygens (including phenoxy) is 1. The van der Waals surface area contributed by atoms with E-state index in [1.807, 2.05) is 6.07 Å². The molecule has 5 heteroatoms. The molecule has 1 saturated carbocycles. The fourth-order valence-electron chi connectivity index (χ4n) is 2.57. The molecule has 0 radical (unpaired) electrons. The first-order chi connectivity index (χ1) is 10.6. The second-order valence-corrected chi connectivity index (χ2v) is 5.60. The summed E-state index contributed by atoms with van der Waals surface area (Å²) in [5.41, 5.74) is 0.981. The summed E-state index contributed by atoms with van der Waals surface area (Å²) in [5, 5.41) is 11.5. The van der Waals surface area contributed by atoms with Gasteiger partial charge in [0.1, 0.15) is 0 Å². The lowest BCUT2D eigenvalue weighted by Crippen LogP contribution is -2.32. The summed E-state index contributed by atoms with van der Waals surface area (Å²) in [6.45, 7) is 1.56. The number of nitriles is 1. The number of esters is 1. The van der Waals surface area contributed by atoms with Gasteiger partial charge in [-0.1, -0.05) is 25.3 Å². The monoisotopic (exact) mass is 300 g/mol. The molecule has 0 aromatic heterocycles. The molecule has 1 aromatic rings. The molecule has 1 fully saturated rings. The Morgan fingerprint density at radius 1 is 1.32 bits per heavy atom. The van der Waals surface area contributed by atoms with E-state index in [4.69, 9.17) is 10.00 Å². The number of hydrogen-bond acceptors (Lipinski definition) is 4. The lowest BCUT2D eigenvalue weighted by Gasteiger charge is -2.22. The molecule has 1 aromatic carbocycles. The zero-order valence-corrected chi connectivity index (χ0v) is 12.7. The maximum absolute atomic E-state index is 12.1. The summed E-state index contributed by atoms with van der Waals surface area (Å²) in [5.74, 6) is -0.752. The van der Waals surface area contributed by atoms with Crippen LogP contribution in [0.4, 0.5) is 5.69 Å². The van der Waals surface area contributed by atoms with Gasteiger partial charge in [0.25, 0.3) is 5.91 Å². The van der Waals surface area contributed by atoms with Crippen LogP contribution < -0.4 is 5.32 Å². The minimum Gasteiger partial charge on any atom is -0.452 e. The van der Waals surface area contributed by atoms with Gasteiger partial charge in [-0.3, -0.25) is 9.59 Å². The number of carbonyl (C=O) groups is 2. The molecular weight excluding hydrogens is 280 g/mol. The van der Waals surface area contributed by atoms with Gasteiger partial charge in [0.15, 0.2) is 6.10 Å². The molecule has 1 aliphatic rings. The van der Waals surface area contributed by atoms with E-state index in [1.165, 1.54) is 0 Å². The first kappa shape index (κ1) is 16.0. The molecule has 0 aliphatic heterocycles. The molecule has 1 N–H and O–H groups in total. The number of amides is 1. The average Bonchev–Trinajstić information content (AvgIpc) is 2.55. The topological polar surface area (TPSA) is 79.2 Å². The molecule has 1 aliphatic carbocycles. The fourth-order valence-corrected chi connectivity index (χ4v) is 2.57. The van der Waals surface area contributed by atoms with Crippen molar-refractivity contribution in [3.63, 3.8) is 0 Å². The Balaban J connectivity index is 1.88. The molecule has 1 amide bonds. The van der Waals surface area contributed by atoms with Gasteiger partial charge in [-0.05, 0) is 38.0 Å². The fraction of sp³-hybridized carbons (Fsp3) is 0.471. The van der Waals surface area contributed by atoms with Crippen LogP contribution in [0.2, 0.25) is 0 Å². The molecule has 0 saturated heterocycles. The molecule has 0 spiro atoms. The van der Waals surface area contributed by atoms with Crippen molar-refractivity contribution in [3.8, 4) is 6.07 Å². The van der Waals surface area contributed by atoms with Crippen LogP contribution in [0.15, 0.2) is 24.3 Å². The number of rotatable bonds is 4. The lowest BCUT2D eigenvalue weighted by molar-refractivity contribution is -0.158. The third-order valence-electron chi connectivity index (χ3n) is 3.86. The highest BCUT2D eigenvalue weighted by molar-refractivity contribution is 5.95. The van der Waals surface area contributed by atoms with E-state index < -0.39 is 6.10 Å². The molecular formula is C17H20N2O3. The first-order valence-corrected chi connectivity index (χ1v) is 7.61. The Hall–Kier alpha value is -2.35. The highest BCUT2D eigenvalue weighted by Crippen LogP contribution is 2.25. The predicted molar refractivity (Wildman–Crippen MR) is 81.9 cm³/mol. The summed E-state index contributed by atoms with van der Waals surface area (Å²) < 4.78 is 5.26. The smallest absolute Gasteiger partial charge is 0.309 e. The van der Waals surface area contributed by atoms with Gasteiger partial charge in [-0.2, -0.15) is 5.26 Å². The standard InChI is InChI=1S/C17H20N2O3/c1-12(22-17(21)14-7-3-2-4-8-14)16(20)19-15-9-5-6-13(10-15)11-18/h5-6,9-10,12,14H,2-4,7-8H2,1H3,(H,19,20). The second kappa shape index (κ2) is 7.60. The summed E-state index contributed by atoms with van der Waals surface area (Å²) in [6, 6.07) is 8.62. The Kier molecular flexibility index (Phi) is 5.54. The van der Waals surface area contributed by atoms with Crippen molar-refractivity contribution in [2.24, 2.45) is 5.92 Å². The summed E-state index contributed by atoms with van der Waals surface area (Å²) >= 11 is 0. The quantitative estimate of drug-likeness (QED) is 0.867. The molecule has 0 bridgehead atoms. The van der Waals surface area contributed by atoms with E-state index in [0.29, 0.717) is 11.3 Å². The lowest BCUT2D eigenvalue weighted by atomic mass is 9.89. The molecule has 0 heterocycles. The van der Waals surface area contributed by atoms with Gasteiger partial charge in [0, 0.05) is 5.69 Å². The number of carbonyl (C=O) groups excluding carboxylic acids is 2. The molecule has 5 nitrogen and oxygen atoms in total. The van der Waals surface area contributed by atoms with Gasteiger partial charge < -0.3 is 10.1 Å². The zero-order valence-electron chi connectivity index (χ0n) is 12.7.